The molecule has 0 aromatic heterocycles. The Kier molecular flexibility index (Phi) is 4.86. The summed E-state index contributed by atoms with van der Waals surface area (Å²) in [7, 11) is 0. The number of carbonyl (C=O) groups is 3. The van der Waals surface area contributed by atoms with Crippen LogP contribution in [0.5, 0.6) is 0 Å². The number of ether oxygens (including phenoxy) is 1. The average Bonchev–Trinajstić information content (AvgIpc) is 2.93. The molecule has 28 heavy (non-hydrogen) atoms. The Bertz CT molecular complexity index is 690. The molecule has 1 N–H and O–H groups in total. The quantitative estimate of drug-likeness (QED) is 0.732. The van der Waals surface area contributed by atoms with Crippen molar-refractivity contribution in [1.82, 2.24) is 5.32 Å². The summed E-state index contributed by atoms with van der Waals surface area (Å²) < 4.78 is 5.53. The van der Waals surface area contributed by atoms with Gasteiger partial charge in [-0.25, -0.2) is 0 Å². The standard InChI is InChI=1S/C23H35NO4/c1-13(25)24-20-8-7-18-17-6-5-15-11-16(28-14(2)26)9-10-22(15,3)19(17)12-21(27)23(18,20)4/h15-20H,5-12H2,1-4H3,(H,24,25). The lowest BCUT2D eigenvalue weighted by Gasteiger charge is -2.60. The van der Waals surface area contributed by atoms with Crippen LogP contribution in [0.2, 0.25) is 0 Å². The number of hydrogen-bond acceptors (Lipinski definition) is 4. The maximum atomic E-state index is 13.5. The Hall–Kier alpha value is -1.39. The van der Waals surface area contributed by atoms with Crippen LogP contribution in [0.25, 0.3) is 0 Å². The monoisotopic (exact) mass is 389 g/mol. The molecule has 0 spiro atoms. The molecule has 5 nitrogen and oxygen atoms in total. The van der Waals surface area contributed by atoms with Crippen molar-refractivity contribution in [3.8, 4) is 0 Å². The van der Waals surface area contributed by atoms with Gasteiger partial charge >= 0.3 is 5.97 Å². The van der Waals surface area contributed by atoms with E-state index in [0.29, 0.717) is 35.9 Å². The van der Waals surface area contributed by atoms with Gasteiger partial charge in [-0.3, -0.25) is 14.4 Å². The first-order valence-corrected chi connectivity index (χ1v) is 11.1. The number of carbonyl (C=O) groups excluding carboxylic acids is 3. The first-order valence-electron chi connectivity index (χ1n) is 11.1. The van der Waals surface area contributed by atoms with Crippen molar-refractivity contribution in [2.75, 3.05) is 0 Å². The lowest BCUT2D eigenvalue weighted by Crippen LogP contribution is -2.59. The summed E-state index contributed by atoms with van der Waals surface area (Å²) in [6.45, 7) is 7.57. The van der Waals surface area contributed by atoms with E-state index in [2.05, 4.69) is 19.2 Å². The third kappa shape index (κ3) is 2.91. The highest BCUT2D eigenvalue weighted by Crippen LogP contribution is 2.65. The highest BCUT2D eigenvalue weighted by Gasteiger charge is 2.63. The highest BCUT2D eigenvalue weighted by molar-refractivity contribution is 5.88. The predicted molar refractivity (Wildman–Crippen MR) is 105 cm³/mol. The van der Waals surface area contributed by atoms with Gasteiger partial charge in [-0.05, 0) is 74.0 Å². The van der Waals surface area contributed by atoms with Crippen LogP contribution in [0.1, 0.15) is 79.1 Å². The Morgan fingerprint density at radius 3 is 2.46 bits per heavy atom. The number of rotatable bonds is 2. The summed E-state index contributed by atoms with van der Waals surface area (Å²) in [4.78, 5) is 36.5. The van der Waals surface area contributed by atoms with Gasteiger partial charge in [0.2, 0.25) is 5.91 Å². The van der Waals surface area contributed by atoms with Crippen LogP contribution in [0, 0.1) is 34.5 Å². The predicted octanol–water partition coefficient (Wildman–Crippen LogP) is 3.64. The van der Waals surface area contributed by atoms with Crippen LogP contribution in [-0.4, -0.2) is 29.8 Å². The van der Waals surface area contributed by atoms with E-state index in [1.807, 2.05) is 0 Å². The van der Waals surface area contributed by atoms with Gasteiger partial charge in [0, 0.05) is 31.7 Å². The Morgan fingerprint density at radius 2 is 1.79 bits per heavy atom. The molecule has 5 heteroatoms. The molecule has 4 aliphatic rings. The highest BCUT2D eigenvalue weighted by atomic mass is 16.5. The lowest BCUT2D eigenvalue weighted by atomic mass is 9.44. The molecule has 0 bridgehead atoms. The molecule has 0 saturated heterocycles. The molecule has 0 aromatic rings. The van der Waals surface area contributed by atoms with E-state index >= 15 is 0 Å². The van der Waals surface area contributed by atoms with Crippen molar-refractivity contribution in [2.45, 2.75) is 91.2 Å². The van der Waals surface area contributed by atoms with Crippen LogP contribution < -0.4 is 5.32 Å². The maximum Gasteiger partial charge on any atom is 0.302 e. The van der Waals surface area contributed by atoms with Crippen molar-refractivity contribution in [2.24, 2.45) is 34.5 Å². The molecule has 0 heterocycles. The molecule has 4 fully saturated rings. The van der Waals surface area contributed by atoms with E-state index in [9.17, 15) is 14.4 Å². The average molecular weight is 390 g/mol. The summed E-state index contributed by atoms with van der Waals surface area (Å²) in [5, 5.41) is 3.09. The maximum absolute atomic E-state index is 13.5. The van der Waals surface area contributed by atoms with Crippen LogP contribution in [-0.2, 0) is 19.1 Å². The number of fused-ring (bicyclic) bond motifs is 5. The molecule has 4 saturated carbocycles. The van der Waals surface area contributed by atoms with Gasteiger partial charge in [0.15, 0.2) is 0 Å². The minimum absolute atomic E-state index is 0.00585. The molecule has 4 aliphatic carbocycles. The zero-order valence-corrected chi connectivity index (χ0v) is 17.8. The van der Waals surface area contributed by atoms with Crippen molar-refractivity contribution in [1.29, 1.82) is 0 Å². The second-order valence-corrected chi connectivity index (χ2v) is 10.4. The Morgan fingerprint density at radius 1 is 1.04 bits per heavy atom. The van der Waals surface area contributed by atoms with Crippen molar-refractivity contribution < 1.29 is 19.1 Å². The minimum atomic E-state index is -0.398. The van der Waals surface area contributed by atoms with Crippen molar-refractivity contribution in [3.63, 3.8) is 0 Å². The number of esters is 1. The SMILES string of the molecule is CC(=O)NC1CCC2C3CCC4CC(OC(C)=O)CCC4(C)C3CC(=O)C12C. The second-order valence-electron chi connectivity index (χ2n) is 10.4. The van der Waals surface area contributed by atoms with Crippen molar-refractivity contribution >= 4 is 17.7 Å². The first-order chi connectivity index (χ1) is 13.2. The number of ketones is 1. The second kappa shape index (κ2) is 6.84. The summed E-state index contributed by atoms with van der Waals surface area (Å²) in [6, 6.07) is -0.00585. The zero-order chi connectivity index (χ0) is 20.3. The first kappa shape index (κ1) is 19.9. The Balaban J connectivity index is 1.56. The van der Waals surface area contributed by atoms with Crippen LogP contribution in [0.15, 0.2) is 0 Å². The molecule has 0 aliphatic heterocycles. The van der Waals surface area contributed by atoms with E-state index in [0.717, 1.165) is 38.5 Å². The molecule has 156 valence electrons. The van der Waals surface area contributed by atoms with Gasteiger partial charge in [-0.2, -0.15) is 0 Å². The third-order valence-electron chi connectivity index (χ3n) is 9.19. The summed E-state index contributed by atoms with van der Waals surface area (Å²) in [5.74, 6) is 2.09. The fourth-order valence-electron chi connectivity index (χ4n) is 7.76. The van der Waals surface area contributed by atoms with Gasteiger partial charge in [0.05, 0.1) is 0 Å². The molecule has 1 amide bonds. The van der Waals surface area contributed by atoms with Gasteiger partial charge < -0.3 is 10.1 Å². The molecule has 8 atom stereocenters. The van der Waals surface area contributed by atoms with E-state index in [-0.39, 0.29) is 29.4 Å². The lowest BCUT2D eigenvalue weighted by molar-refractivity contribution is -0.164. The zero-order valence-electron chi connectivity index (χ0n) is 17.8. The van der Waals surface area contributed by atoms with Gasteiger partial charge in [0.25, 0.3) is 0 Å². The molecule has 0 aromatic carbocycles. The molecule has 4 rings (SSSR count). The summed E-state index contributed by atoms with van der Waals surface area (Å²) in [6.07, 6.45) is 7.91. The number of amides is 1. The van der Waals surface area contributed by atoms with Gasteiger partial charge in [-0.15, -0.1) is 0 Å². The van der Waals surface area contributed by atoms with Gasteiger partial charge in [-0.1, -0.05) is 13.8 Å². The smallest absolute Gasteiger partial charge is 0.302 e. The summed E-state index contributed by atoms with van der Waals surface area (Å²) >= 11 is 0. The number of Topliss-reactive ketones (excluding diaryl/α,β-unsaturated/α-hetero) is 1. The molecular weight excluding hydrogens is 354 g/mol. The van der Waals surface area contributed by atoms with Gasteiger partial charge in [0.1, 0.15) is 11.9 Å². The largest absolute Gasteiger partial charge is 0.463 e. The van der Waals surface area contributed by atoms with Crippen molar-refractivity contribution in [3.05, 3.63) is 0 Å². The summed E-state index contributed by atoms with van der Waals surface area (Å²) in [5.41, 5.74) is -0.229. The third-order valence-corrected chi connectivity index (χ3v) is 9.19. The molecular formula is C23H35NO4. The molecule has 0 radical (unpaired) electrons. The van der Waals surface area contributed by atoms with E-state index in [1.165, 1.54) is 13.3 Å². The number of hydrogen-bond donors (Lipinski definition) is 1. The fourth-order valence-corrected chi connectivity index (χ4v) is 7.76. The topological polar surface area (TPSA) is 72.5 Å². The fraction of sp³-hybridized carbons (Fsp3) is 0.870. The van der Waals surface area contributed by atoms with Crippen LogP contribution in [0.3, 0.4) is 0 Å². The van der Waals surface area contributed by atoms with E-state index in [1.54, 1.807) is 6.92 Å². The van der Waals surface area contributed by atoms with E-state index in [4.69, 9.17) is 4.74 Å². The van der Waals surface area contributed by atoms with Crippen LogP contribution in [0.4, 0.5) is 0 Å². The minimum Gasteiger partial charge on any atom is -0.463 e. The van der Waals surface area contributed by atoms with Crippen LogP contribution >= 0.6 is 0 Å². The number of nitrogens with one attached hydrogen (secondary N) is 1. The van der Waals surface area contributed by atoms with E-state index < -0.39 is 5.41 Å². The molecule has 8 unspecified atom stereocenters. The normalized spacial score (nSPS) is 47.5. The Labute approximate surface area is 168 Å².